The molecule has 0 bridgehead atoms. The van der Waals surface area contributed by atoms with Gasteiger partial charge in [-0.25, -0.2) is 0 Å². The Bertz CT molecular complexity index is 508. The molecule has 7 heteroatoms. The largest absolute Gasteiger partial charge is 0.357 e. The van der Waals surface area contributed by atoms with E-state index in [1.807, 2.05) is 23.6 Å². The molecule has 0 aliphatic carbocycles. The van der Waals surface area contributed by atoms with Crippen LogP contribution in [0.1, 0.15) is 52.9 Å². The van der Waals surface area contributed by atoms with Gasteiger partial charge in [0.05, 0.1) is 6.54 Å². The zero-order valence-electron chi connectivity index (χ0n) is 16.6. The Morgan fingerprint density at radius 3 is 2.54 bits per heavy atom. The third kappa shape index (κ3) is 6.18. The molecule has 2 N–H and O–H groups in total. The van der Waals surface area contributed by atoms with Gasteiger partial charge in [-0.15, -0.1) is 0 Å². The summed E-state index contributed by atoms with van der Waals surface area (Å²) in [7, 11) is 0. The zero-order valence-corrected chi connectivity index (χ0v) is 16.6. The number of piperidine rings is 1. The van der Waals surface area contributed by atoms with Crippen LogP contribution in [0.25, 0.3) is 0 Å². The lowest BCUT2D eigenvalue weighted by Crippen LogP contribution is -2.45. The number of nitrogens with one attached hydrogen (secondary N) is 2. The molecule has 0 aromatic carbocycles. The van der Waals surface area contributed by atoms with Crippen LogP contribution in [0.15, 0.2) is 4.99 Å². The fourth-order valence-corrected chi connectivity index (χ4v) is 3.68. The van der Waals surface area contributed by atoms with Crippen molar-refractivity contribution in [1.29, 1.82) is 0 Å². The summed E-state index contributed by atoms with van der Waals surface area (Å²) in [5.74, 6) is 1.75. The van der Waals surface area contributed by atoms with Gasteiger partial charge in [0.25, 0.3) is 0 Å². The van der Waals surface area contributed by atoms with Gasteiger partial charge < -0.3 is 20.4 Å². The third-order valence-electron chi connectivity index (χ3n) is 5.13. The van der Waals surface area contributed by atoms with Crippen LogP contribution in [0.5, 0.6) is 0 Å². The van der Waals surface area contributed by atoms with Crippen LogP contribution in [0.4, 0.5) is 0 Å². The molecule has 2 amide bonds. The van der Waals surface area contributed by atoms with E-state index >= 15 is 0 Å². The first-order chi connectivity index (χ1) is 12.5. The molecule has 26 heavy (non-hydrogen) atoms. The molecule has 2 fully saturated rings. The van der Waals surface area contributed by atoms with Crippen LogP contribution in [0.2, 0.25) is 0 Å². The SMILES string of the molecule is CCNC(=NCCC(=O)N1CCCC(C)C1)NC1CCN(C(=O)CC)C1. The highest BCUT2D eigenvalue weighted by molar-refractivity contribution is 5.81. The first-order valence-corrected chi connectivity index (χ1v) is 10.1. The average Bonchev–Trinajstić information content (AvgIpc) is 3.09. The summed E-state index contributed by atoms with van der Waals surface area (Å²) in [5.41, 5.74) is 0. The minimum atomic E-state index is 0.205. The zero-order chi connectivity index (χ0) is 18.9. The summed E-state index contributed by atoms with van der Waals surface area (Å²) in [6, 6.07) is 0.224. The van der Waals surface area contributed by atoms with E-state index in [1.165, 1.54) is 6.42 Å². The quantitative estimate of drug-likeness (QED) is 0.548. The van der Waals surface area contributed by atoms with E-state index in [2.05, 4.69) is 22.5 Å². The highest BCUT2D eigenvalue weighted by Gasteiger charge is 2.26. The number of rotatable bonds is 6. The van der Waals surface area contributed by atoms with Crippen molar-refractivity contribution in [1.82, 2.24) is 20.4 Å². The van der Waals surface area contributed by atoms with Crippen molar-refractivity contribution in [3.63, 3.8) is 0 Å². The average molecular weight is 366 g/mol. The van der Waals surface area contributed by atoms with Crippen molar-refractivity contribution in [2.24, 2.45) is 10.9 Å². The van der Waals surface area contributed by atoms with Gasteiger partial charge in [0.15, 0.2) is 5.96 Å². The molecule has 148 valence electrons. The van der Waals surface area contributed by atoms with Crippen molar-refractivity contribution >= 4 is 17.8 Å². The summed E-state index contributed by atoms with van der Waals surface area (Å²) in [6.45, 7) is 10.7. The highest BCUT2D eigenvalue weighted by atomic mass is 16.2. The van der Waals surface area contributed by atoms with Crippen LogP contribution in [-0.2, 0) is 9.59 Å². The van der Waals surface area contributed by atoms with Gasteiger partial charge in [0.1, 0.15) is 0 Å². The molecule has 0 aromatic heterocycles. The molecule has 0 saturated carbocycles. The summed E-state index contributed by atoms with van der Waals surface area (Å²) in [4.78, 5) is 32.6. The molecule has 2 unspecified atom stereocenters. The highest BCUT2D eigenvalue weighted by Crippen LogP contribution is 2.16. The van der Waals surface area contributed by atoms with Crippen LogP contribution in [-0.4, -0.2) is 72.9 Å². The summed E-state index contributed by atoms with van der Waals surface area (Å²) in [5, 5.41) is 6.64. The minimum Gasteiger partial charge on any atom is -0.357 e. The Labute approximate surface area is 157 Å². The number of carbonyl (C=O) groups is 2. The lowest BCUT2D eigenvalue weighted by Gasteiger charge is -2.30. The van der Waals surface area contributed by atoms with Gasteiger partial charge >= 0.3 is 0 Å². The van der Waals surface area contributed by atoms with Crippen molar-refractivity contribution in [3.05, 3.63) is 0 Å². The predicted molar refractivity (Wildman–Crippen MR) is 104 cm³/mol. The second-order valence-corrected chi connectivity index (χ2v) is 7.42. The Balaban J connectivity index is 1.79. The van der Waals surface area contributed by atoms with Crippen molar-refractivity contribution < 1.29 is 9.59 Å². The molecule has 2 atom stereocenters. The Kier molecular flexibility index (Phi) is 8.19. The molecule has 7 nitrogen and oxygen atoms in total. The second kappa shape index (κ2) is 10.4. The Morgan fingerprint density at radius 2 is 1.85 bits per heavy atom. The summed E-state index contributed by atoms with van der Waals surface area (Å²) >= 11 is 0. The van der Waals surface area contributed by atoms with Gasteiger partial charge in [-0.05, 0) is 32.1 Å². The maximum Gasteiger partial charge on any atom is 0.224 e. The molecule has 2 aliphatic rings. The van der Waals surface area contributed by atoms with Crippen LogP contribution < -0.4 is 10.6 Å². The number of hydrogen-bond acceptors (Lipinski definition) is 3. The fraction of sp³-hybridized carbons (Fsp3) is 0.842. The standard InChI is InChI=1S/C19H35N5O2/c1-4-17(25)24-12-9-16(14-24)22-19(20-5-2)21-10-8-18(26)23-11-6-7-15(3)13-23/h15-16H,4-14H2,1-3H3,(H2,20,21,22). The molecule has 2 heterocycles. The summed E-state index contributed by atoms with van der Waals surface area (Å²) < 4.78 is 0. The molecule has 2 rings (SSSR count). The monoisotopic (exact) mass is 365 g/mol. The first-order valence-electron chi connectivity index (χ1n) is 10.1. The topological polar surface area (TPSA) is 77.0 Å². The number of carbonyl (C=O) groups excluding carboxylic acids is 2. The van der Waals surface area contributed by atoms with Crippen LogP contribution in [0, 0.1) is 5.92 Å². The number of aliphatic imine (C=N–C) groups is 1. The van der Waals surface area contributed by atoms with Gasteiger partial charge in [0, 0.05) is 51.6 Å². The molecular formula is C19H35N5O2. The maximum atomic E-state index is 12.4. The first kappa shape index (κ1) is 20.5. The molecule has 0 spiro atoms. The number of guanidine groups is 1. The van der Waals surface area contributed by atoms with Crippen LogP contribution >= 0.6 is 0 Å². The molecule has 0 aromatic rings. The Morgan fingerprint density at radius 1 is 1.08 bits per heavy atom. The molecule has 2 saturated heterocycles. The normalized spacial score (nSPS) is 23.9. The summed E-state index contributed by atoms with van der Waals surface area (Å²) in [6.07, 6.45) is 4.26. The number of nitrogens with zero attached hydrogens (tertiary/aromatic N) is 3. The third-order valence-corrected chi connectivity index (χ3v) is 5.13. The van der Waals surface area contributed by atoms with Crippen molar-refractivity contribution in [2.45, 2.75) is 58.9 Å². The van der Waals surface area contributed by atoms with E-state index in [1.54, 1.807) is 0 Å². The Hall–Kier alpha value is -1.79. The van der Waals surface area contributed by atoms with Gasteiger partial charge in [0.2, 0.25) is 11.8 Å². The maximum absolute atomic E-state index is 12.4. The lowest BCUT2D eigenvalue weighted by molar-refractivity contribution is -0.132. The van der Waals surface area contributed by atoms with Crippen molar-refractivity contribution in [2.75, 3.05) is 39.3 Å². The minimum absolute atomic E-state index is 0.205. The van der Waals surface area contributed by atoms with E-state index in [0.29, 0.717) is 25.3 Å². The molecule has 0 radical (unpaired) electrons. The van der Waals surface area contributed by atoms with Crippen molar-refractivity contribution in [3.8, 4) is 0 Å². The molecule has 2 aliphatic heterocycles. The number of amides is 2. The number of likely N-dealkylation sites (tertiary alicyclic amines) is 2. The molecular weight excluding hydrogens is 330 g/mol. The smallest absolute Gasteiger partial charge is 0.224 e. The van der Waals surface area contributed by atoms with E-state index in [9.17, 15) is 9.59 Å². The van der Waals surface area contributed by atoms with E-state index in [4.69, 9.17) is 0 Å². The second-order valence-electron chi connectivity index (χ2n) is 7.42. The van der Waals surface area contributed by atoms with Gasteiger partial charge in [-0.1, -0.05) is 13.8 Å². The fourth-order valence-electron chi connectivity index (χ4n) is 3.68. The number of hydrogen-bond donors (Lipinski definition) is 2. The van der Waals surface area contributed by atoms with E-state index in [-0.39, 0.29) is 17.9 Å². The van der Waals surface area contributed by atoms with Crippen LogP contribution in [0.3, 0.4) is 0 Å². The van der Waals surface area contributed by atoms with Gasteiger partial charge in [-0.2, -0.15) is 0 Å². The predicted octanol–water partition coefficient (Wildman–Crippen LogP) is 1.20. The van der Waals surface area contributed by atoms with Gasteiger partial charge in [-0.3, -0.25) is 14.6 Å². The lowest BCUT2D eigenvalue weighted by atomic mass is 10.00. The van der Waals surface area contributed by atoms with E-state index in [0.717, 1.165) is 51.5 Å². The van der Waals surface area contributed by atoms with E-state index < -0.39 is 0 Å².